The molecule has 7 heterocycles. The van der Waals surface area contributed by atoms with Crippen LogP contribution in [-0.2, 0) is 40.0 Å². The third kappa shape index (κ3) is 12.6. The molecule has 26 heteroatoms. The van der Waals surface area contributed by atoms with Crippen molar-refractivity contribution in [3.05, 3.63) is 117 Å². The Morgan fingerprint density at radius 3 is 2.23 bits per heavy atom. The second-order valence-electron chi connectivity index (χ2n) is 25.3. The van der Waals surface area contributed by atoms with Gasteiger partial charge in [-0.05, 0) is 109 Å². The minimum absolute atomic E-state index is 0.0323. The monoisotopic (exact) mass is 1270 g/mol. The van der Waals surface area contributed by atoms with Crippen LogP contribution < -0.4 is 52.4 Å². The van der Waals surface area contributed by atoms with E-state index in [2.05, 4.69) is 76.9 Å². The number of benzene rings is 3. The number of para-hydroxylation sites is 1. The number of carbonyl (C=O) groups is 9. The van der Waals surface area contributed by atoms with E-state index in [1.165, 1.54) is 45.9 Å². The molecule has 6 aliphatic heterocycles. The van der Waals surface area contributed by atoms with Gasteiger partial charge in [0.25, 0.3) is 5.91 Å². The number of thioether (sulfide) groups is 1. The third-order valence-electron chi connectivity index (χ3n) is 18.3. The highest BCUT2D eigenvalue weighted by Crippen LogP contribution is 2.44. The molecule has 8 amide bonds. The Hall–Kier alpha value is -8.43. The predicted octanol–water partition coefficient (Wildman–Crippen LogP) is -1.11. The smallest absolute Gasteiger partial charge is 0.251 e. The van der Waals surface area contributed by atoms with E-state index in [0.29, 0.717) is 27.1 Å². The molecule has 10 atom stereocenters. The largest absolute Gasteiger partial charge is 0.545 e. The van der Waals surface area contributed by atoms with Crippen LogP contribution in [0.1, 0.15) is 90.8 Å². The highest BCUT2D eigenvalue weighted by molar-refractivity contribution is 7.99. The number of nitrogens with one attached hydrogen (secondary N) is 8. The Kier molecular flexibility index (Phi) is 17.6. The van der Waals surface area contributed by atoms with Crippen LogP contribution in [0, 0.1) is 0 Å². The van der Waals surface area contributed by atoms with E-state index < -0.39 is 134 Å². The Bertz CT molecular complexity index is 3810. The summed E-state index contributed by atoms with van der Waals surface area (Å²) in [5.41, 5.74) is 3.63. The Balaban J connectivity index is 0.924. The van der Waals surface area contributed by atoms with Gasteiger partial charge in [0.15, 0.2) is 5.71 Å². The van der Waals surface area contributed by atoms with Gasteiger partial charge in [-0.15, -0.1) is 11.8 Å². The van der Waals surface area contributed by atoms with Gasteiger partial charge in [-0.3, -0.25) is 38.4 Å². The first-order valence-electron chi connectivity index (χ1n) is 30.5. The fourth-order valence-corrected chi connectivity index (χ4v) is 17.0. The molecule has 3 saturated heterocycles. The first-order chi connectivity index (χ1) is 42.8. The SMILES string of the molecule is C[C@@H]1NC(=O)[C@H](C[C@@](C)(O)CNC(=O)c2ccc(C(=O)[O-])c(C3=C4C=CC(=[N+]5CCC5)C=C4[Si](C)(C)c4cc(N5CCC5)ccc43)c2)NC(=O)[C@@H]2Cc3c([nH]c4ccccc34)SC[C@H](NC(=O)[C@@H]([C@H](C)O)NC1=O)C(=O)N1C[C@H](O)C[C@H]1C(=O)N[C@@H](C)C(=O)N2. The molecule has 4 aromatic rings. The molecule has 0 unspecified atom stereocenters. The summed E-state index contributed by atoms with van der Waals surface area (Å²) in [5.74, 6) is -8.84. The van der Waals surface area contributed by atoms with Crippen molar-refractivity contribution in [2.45, 2.75) is 138 Å². The van der Waals surface area contributed by atoms with Crippen LogP contribution in [0.3, 0.4) is 0 Å². The number of hydrogen-bond acceptors (Lipinski definition) is 15. The zero-order valence-corrected chi connectivity index (χ0v) is 52.7. The number of anilines is 1. The van der Waals surface area contributed by atoms with E-state index in [-0.39, 0.29) is 41.8 Å². The molecule has 2 bridgehead atoms. The highest BCUT2D eigenvalue weighted by atomic mass is 32.2. The van der Waals surface area contributed by atoms with E-state index in [1.54, 1.807) is 24.3 Å². The molecular weight excluding hydrogens is 1190 g/mol. The van der Waals surface area contributed by atoms with Crippen molar-refractivity contribution in [2.75, 3.05) is 49.9 Å². The Labute approximate surface area is 524 Å². The molecule has 1 aliphatic carbocycles. The van der Waals surface area contributed by atoms with Crippen molar-refractivity contribution in [2.24, 2.45) is 0 Å². The van der Waals surface area contributed by atoms with Crippen LogP contribution in [0.4, 0.5) is 5.69 Å². The van der Waals surface area contributed by atoms with E-state index in [1.807, 2.05) is 24.3 Å². The van der Waals surface area contributed by atoms with Crippen LogP contribution in [0.15, 0.2) is 94.7 Å². The number of carboxylic acid groups (broad SMARTS) is 1. The number of carboxylic acids is 1. The molecule has 7 aliphatic rings. The summed E-state index contributed by atoms with van der Waals surface area (Å²) in [7, 11) is -2.47. The summed E-state index contributed by atoms with van der Waals surface area (Å²) < 4.78 is 2.31. The zero-order valence-electron chi connectivity index (χ0n) is 50.9. The molecule has 3 aromatic carbocycles. The van der Waals surface area contributed by atoms with Crippen molar-refractivity contribution in [3.63, 3.8) is 0 Å². The highest BCUT2D eigenvalue weighted by Gasteiger charge is 2.46. The average molecular weight is 1270 g/mol. The van der Waals surface area contributed by atoms with Gasteiger partial charge < -0.3 is 77.2 Å². The summed E-state index contributed by atoms with van der Waals surface area (Å²) in [6.07, 6.45) is 4.59. The quantitative estimate of drug-likeness (QED) is 0.0700. The minimum Gasteiger partial charge on any atom is -0.545 e. The van der Waals surface area contributed by atoms with Gasteiger partial charge in [0.1, 0.15) is 63.5 Å². The van der Waals surface area contributed by atoms with Crippen LogP contribution in [0.2, 0.25) is 13.1 Å². The molecule has 0 saturated carbocycles. The number of aliphatic hydroxyl groups is 3. The summed E-state index contributed by atoms with van der Waals surface area (Å²) in [4.78, 5) is 135. The number of aromatic carboxylic acids is 1. The summed E-state index contributed by atoms with van der Waals surface area (Å²) in [6, 6.07) is 6.91. The van der Waals surface area contributed by atoms with Crippen molar-refractivity contribution in [3.8, 4) is 0 Å². The third-order valence-corrected chi connectivity index (χ3v) is 22.9. The molecule has 1 aromatic heterocycles. The molecular formula is C64H75N11O13SSi. The van der Waals surface area contributed by atoms with Crippen molar-refractivity contribution in [1.29, 1.82) is 0 Å². The fraction of sp³-hybridized carbons (Fsp3) is 0.438. The number of allylic oxidation sites excluding steroid dienone is 5. The number of fused-ring (bicyclic) bond motifs is 7. The maximum absolute atomic E-state index is 15.1. The number of aromatic nitrogens is 1. The lowest BCUT2D eigenvalue weighted by Gasteiger charge is -2.40. The lowest BCUT2D eigenvalue weighted by Crippen LogP contribution is -2.62. The number of rotatable bonds is 9. The molecule has 11 N–H and O–H groups in total. The number of nitrogens with zero attached hydrogens (tertiary/aromatic N) is 3. The maximum Gasteiger partial charge on any atom is 0.251 e. The van der Waals surface area contributed by atoms with Gasteiger partial charge in [0.2, 0.25) is 41.4 Å². The lowest BCUT2D eigenvalue weighted by atomic mass is 9.86. The molecule has 474 valence electrons. The van der Waals surface area contributed by atoms with Crippen LogP contribution in [0.5, 0.6) is 0 Å². The summed E-state index contributed by atoms with van der Waals surface area (Å²) in [6.45, 7) is 12.6. The summed E-state index contributed by atoms with van der Waals surface area (Å²) in [5, 5.41) is 68.9. The second-order valence-corrected chi connectivity index (χ2v) is 30.7. The minimum atomic E-state index is -2.47. The van der Waals surface area contributed by atoms with Crippen LogP contribution >= 0.6 is 11.8 Å². The zero-order chi connectivity index (χ0) is 64.2. The van der Waals surface area contributed by atoms with E-state index in [9.17, 15) is 58.8 Å². The average Bonchev–Trinajstić information content (AvgIpc) is 0.972. The molecule has 3 fully saturated rings. The maximum atomic E-state index is 15.1. The number of amides is 8. The number of aliphatic hydroxyl groups excluding tert-OH is 2. The van der Waals surface area contributed by atoms with E-state index in [0.717, 1.165) is 88.6 Å². The number of aromatic amines is 1. The van der Waals surface area contributed by atoms with E-state index in [4.69, 9.17) is 0 Å². The van der Waals surface area contributed by atoms with Gasteiger partial charge in [-0.2, -0.15) is 0 Å². The molecule has 90 heavy (non-hydrogen) atoms. The molecule has 0 radical (unpaired) electrons. The van der Waals surface area contributed by atoms with Crippen LogP contribution in [0.25, 0.3) is 16.5 Å². The Morgan fingerprint density at radius 2 is 1.54 bits per heavy atom. The van der Waals surface area contributed by atoms with Crippen molar-refractivity contribution < 1.29 is 68.2 Å². The first kappa shape index (κ1) is 63.1. The standard InChI is InChI=1S/C64H75N11O13SSi/c1-32-54(78)68-46-27-44-39-11-7-8-12-45(39)71-61(44)89-30-48(62(85)75-29-38(77)26-49(75)59(83)67-32)70-60(84)53(34(3)76)72-55(79)33(2)66-58(82)47(69-57(46)81)28-64(4,88)31-65-56(80)35-13-16-40(63(86)87)43(23-35)52-41-17-14-36(73-19-9-20-73)24-50(41)90(5,6)51-25-37(15-18-42(51)52)74-21-10-22-74/h7-8,11-18,23-25,32-34,38,46-49,53,71,76-77,88H,9-10,19-22,26-31H2,1-6H3,(H7-,65,66,67,68,69,70,72,78,79,80,81,82,83,84,86,87)/t32-,33-,34-,38+,46-,47-,48-,49-,53+,64+/m0/s1. The predicted molar refractivity (Wildman–Crippen MR) is 335 cm³/mol. The van der Waals surface area contributed by atoms with Crippen molar-refractivity contribution in [1.82, 2.24) is 47.1 Å². The van der Waals surface area contributed by atoms with Gasteiger partial charge in [-0.1, -0.05) is 43.4 Å². The number of H-pyrrole nitrogens is 1. The van der Waals surface area contributed by atoms with Crippen LogP contribution in [-0.4, -0.2) is 202 Å². The topological polar surface area (TPSA) is 347 Å². The molecule has 11 rings (SSSR count). The normalized spacial score (nSPS) is 26.7. The van der Waals surface area contributed by atoms with Gasteiger partial charge in [-0.25, -0.2) is 4.58 Å². The van der Waals surface area contributed by atoms with Gasteiger partial charge >= 0.3 is 0 Å². The second kappa shape index (κ2) is 25.1. The van der Waals surface area contributed by atoms with Gasteiger partial charge in [0.05, 0.1) is 35.2 Å². The van der Waals surface area contributed by atoms with E-state index >= 15 is 4.79 Å². The summed E-state index contributed by atoms with van der Waals surface area (Å²) >= 11 is 1.06. The van der Waals surface area contributed by atoms with Crippen molar-refractivity contribution >= 4 is 106 Å². The Morgan fingerprint density at radius 1 is 0.833 bits per heavy atom. The fourth-order valence-electron chi connectivity index (χ4n) is 12.9. The lowest BCUT2D eigenvalue weighted by molar-refractivity contribution is -0.582. The molecule has 0 spiro atoms. The molecule has 24 nitrogen and oxygen atoms in total. The number of carbonyl (C=O) groups excluding carboxylic acids is 9. The number of hydrogen-bond donors (Lipinski definition) is 11. The van der Waals surface area contributed by atoms with Gasteiger partial charge in [0, 0.05) is 91.1 Å². The first-order valence-corrected chi connectivity index (χ1v) is 34.5.